The van der Waals surface area contributed by atoms with Crippen LogP contribution in [0, 0.1) is 10.1 Å². The zero-order chi connectivity index (χ0) is 17.5. The van der Waals surface area contributed by atoms with Crippen LogP contribution >= 0.6 is 0 Å². The molecule has 0 aromatic heterocycles. The topological polar surface area (TPSA) is 115 Å². The molecule has 2 aromatic carbocycles. The average Bonchev–Trinajstić information content (AvgIpc) is 2.55. The molecule has 0 bridgehead atoms. The molecule has 7 nitrogen and oxygen atoms in total. The minimum absolute atomic E-state index is 0.0394. The molecule has 0 heterocycles. The van der Waals surface area contributed by atoms with Crippen LogP contribution in [0.3, 0.4) is 0 Å². The summed E-state index contributed by atoms with van der Waals surface area (Å²) in [4.78, 5) is 33.8. The molecule has 7 heteroatoms. The molecule has 0 radical (unpaired) electrons. The third kappa shape index (κ3) is 4.91. The number of nitrogens with two attached hydrogens (primary N) is 1. The van der Waals surface area contributed by atoms with Crippen LogP contribution in [0.4, 0.5) is 5.69 Å². The maximum Gasteiger partial charge on any atom is 0.269 e. The van der Waals surface area contributed by atoms with E-state index in [0.717, 1.165) is 5.56 Å². The molecule has 0 unspecified atom stereocenters. The van der Waals surface area contributed by atoms with Crippen LogP contribution in [0.25, 0.3) is 0 Å². The molecule has 0 aliphatic carbocycles. The average molecular weight is 327 g/mol. The number of carbonyl (C=O) groups is 2. The smallest absolute Gasteiger partial charge is 0.269 e. The Labute approximate surface area is 138 Å². The third-order valence-corrected chi connectivity index (χ3v) is 3.47. The van der Waals surface area contributed by atoms with Gasteiger partial charge >= 0.3 is 0 Å². The van der Waals surface area contributed by atoms with Crippen LogP contribution in [-0.4, -0.2) is 22.8 Å². The van der Waals surface area contributed by atoms with E-state index in [-0.39, 0.29) is 24.4 Å². The molecular formula is C17H17N3O4. The van der Waals surface area contributed by atoms with E-state index in [9.17, 15) is 19.7 Å². The lowest BCUT2D eigenvalue weighted by Crippen LogP contribution is -2.46. The van der Waals surface area contributed by atoms with Gasteiger partial charge in [-0.3, -0.25) is 19.7 Å². The van der Waals surface area contributed by atoms with Gasteiger partial charge in [0.05, 0.1) is 11.3 Å². The summed E-state index contributed by atoms with van der Waals surface area (Å²) in [6.45, 7) is 0. The third-order valence-electron chi connectivity index (χ3n) is 3.47. The fourth-order valence-electron chi connectivity index (χ4n) is 2.24. The van der Waals surface area contributed by atoms with Crippen LogP contribution < -0.4 is 11.1 Å². The highest BCUT2D eigenvalue weighted by atomic mass is 16.6. The molecule has 1 atom stereocenters. The number of nitro benzene ring substituents is 1. The Hall–Kier alpha value is -3.22. The van der Waals surface area contributed by atoms with Gasteiger partial charge in [0.25, 0.3) is 5.69 Å². The van der Waals surface area contributed by atoms with Crippen molar-refractivity contribution in [2.45, 2.75) is 18.9 Å². The molecule has 124 valence electrons. The Morgan fingerprint density at radius 1 is 1.04 bits per heavy atom. The van der Waals surface area contributed by atoms with Gasteiger partial charge in [-0.1, -0.05) is 42.5 Å². The number of carbonyl (C=O) groups excluding carboxylic acids is 2. The highest BCUT2D eigenvalue weighted by Crippen LogP contribution is 2.13. The molecule has 2 rings (SSSR count). The first-order valence-corrected chi connectivity index (χ1v) is 7.31. The first-order valence-electron chi connectivity index (χ1n) is 7.31. The largest absolute Gasteiger partial charge is 0.368 e. The number of amides is 2. The number of hydrogen-bond acceptors (Lipinski definition) is 4. The number of nitro groups is 1. The number of benzene rings is 2. The van der Waals surface area contributed by atoms with Crippen LogP contribution in [0.15, 0.2) is 54.6 Å². The summed E-state index contributed by atoms with van der Waals surface area (Å²) in [6.07, 6.45) is 0.318. The van der Waals surface area contributed by atoms with Crippen molar-refractivity contribution in [2.75, 3.05) is 0 Å². The van der Waals surface area contributed by atoms with E-state index >= 15 is 0 Å². The van der Waals surface area contributed by atoms with Crippen LogP contribution in [0.2, 0.25) is 0 Å². The molecular weight excluding hydrogens is 310 g/mol. The fraction of sp³-hybridized carbons (Fsp3) is 0.176. The zero-order valence-electron chi connectivity index (χ0n) is 12.8. The van der Waals surface area contributed by atoms with Crippen molar-refractivity contribution in [2.24, 2.45) is 5.73 Å². The van der Waals surface area contributed by atoms with E-state index in [2.05, 4.69) is 5.32 Å². The highest BCUT2D eigenvalue weighted by molar-refractivity contribution is 5.87. The number of non-ortho nitro benzene ring substituents is 1. The Morgan fingerprint density at radius 2 is 1.67 bits per heavy atom. The normalized spacial score (nSPS) is 11.5. The predicted molar refractivity (Wildman–Crippen MR) is 88.1 cm³/mol. The number of rotatable bonds is 7. The van der Waals surface area contributed by atoms with Crippen molar-refractivity contribution in [1.29, 1.82) is 0 Å². The first kappa shape index (κ1) is 17.1. The van der Waals surface area contributed by atoms with Gasteiger partial charge < -0.3 is 11.1 Å². The van der Waals surface area contributed by atoms with Crippen molar-refractivity contribution in [3.8, 4) is 0 Å². The van der Waals surface area contributed by atoms with Crippen molar-refractivity contribution in [3.63, 3.8) is 0 Å². The Kier molecular flexibility index (Phi) is 5.62. The molecule has 0 saturated carbocycles. The predicted octanol–water partition coefficient (Wildman–Crippen LogP) is 1.35. The molecule has 24 heavy (non-hydrogen) atoms. The number of hydrogen-bond donors (Lipinski definition) is 2. The molecule has 2 amide bonds. The number of nitrogens with one attached hydrogen (secondary N) is 1. The summed E-state index contributed by atoms with van der Waals surface area (Å²) in [7, 11) is 0. The van der Waals surface area contributed by atoms with Gasteiger partial charge in [0.15, 0.2) is 0 Å². The van der Waals surface area contributed by atoms with Crippen molar-refractivity contribution in [3.05, 3.63) is 75.8 Å². The van der Waals surface area contributed by atoms with E-state index in [0.29, 0.717) is 5.56 Å². The number of primary amides is 1. The molecule has 2 aromatic rings. The maximum absolute atomic E-state index is 12.1. The van der Waals surface area contributed by atoms with Gasteiger partial charge in [-0.2, -0.15) is 0 Å². The van der Waals surface area contributed by atoms with E-state index in [4.69, 9.17) is 5.73 Å². The lowest BCUT2D eigenvalue weighted by Gasteiger charge is -2.15. The SMILES string of the molecule is NC(=O)[C@H](Cc1ccc([N+](=O)[O-])cc1)NC(=O)Cc1ccccc1. The summed E-state index contributed by atoms with van der Waals surface area (Å²) < 4.78 is 0. The second-order valence-corrected chi connectivity index (χ2v) is 5.31. The van der Waals surface area contributed by atoms with E-state index in [1.165, 1.54) is 24.3 Å². The Bertz CT molecular complexity index is 729. The fourth-order valence-corrected chi connectivity index (χ4v) is 2.24. The summed E-state index contributed by atoms with van der Waals surface area (Å²) >= 11 is 0. The molecule has 3 N–H and O–H groups in total. The molecule has 0 spiro atoms. The van der Waals surface area contributed by atoms with Gasteiger partial charge in [-0.25, -0.2) is 0 Å². The molecule has 0 saturated heterocycles. The van der Waals surface area contributed by atoms with Crippen LogP contribution in [0.1, 0.15) is 11.1 Å². The Morgan fingerprint density at radius 3 is 2.21 bits per heavy atom. The molecule has 0 fully saturated rings. The van der Waals surface area contributed by atoms with E-state index in [1.54, 1.807) is 0 Å². The van der Waals surface area contributed by atoms with Gasteiger partial charge in [-0.05, 0) is 11.1 Å². The van der Waals surface area contributed by atoms with Crippen molar-refractivity contribution in [1.82, 2.24) is 5.32 Å². The van der Waals surface area contributed by atoms with Crippen LogP contribution in [0.5, 0.6) is 0 Å². The van der Waals surface area contributed by atoms with Crippen molar-refractivity contribution < 1.29 is 14.5 Å². The van der Waals surface area contributed by atoms with Gasteiger partial charge in [-0.15, -0.1) is 0 Å². The summed E-state index contributed by atoms with van der Waals surface area (Å²) in [5.74, 6) is -0.971. The second kappa shape index (κ2) is 7.87. The van der Waals surface area contributed by atoms with Gasteiger partial charge in [0.2, 0.25) is 11.8 Å². The summed E-state index contributed by atoms with van der Waals surface area (Å²) in [5, 5.41) is 13.2. The summed E-state index contributed by atoms with van der Waals surface area (Å²) in [5.41, 5.74) is 6.80. The van der Waals surface area contributed by atoms with Gasteiger partial charge in [0, 0.05) is 18.6 Å². The number of nitrogens with zero attached hydrogens (tertiary/aromatic N) is 1. The first-order chi connectivity index (χ1) is 11.5. The van der Waals surface area contributed by atoms with E-state index < -0.39 is 16.9 Å². The minimum Gasteiger partial charge on any atom is -0.368 e. The van der Waals surface area contributed by atoms with Gasteiger partial charge in [0.1, 0.15) is 6.04 Å². The quantitative estimate of drug-likeness (QED) is 0.590. The van der Waals surface area contributed by atoms with E-state index in [1.807, 2.05) is 30.3 Å². The lowest BCUT2D eigenvalue weighted by molar-refractivity contribution is -0.384. The lowest BCUT2D eigenvalue weighted by atomic mass is 10.0. The second-order valence-electron chi connectivity index (χ2n) is 5.31. The zero-order valence-corrected chi connectivity index (χ0v) is 12.8. The highest BCUT2D eigenvalue weighted by Gasteiger charge is 2.19. The molecule has 0 aliphatic heterocycles. The minimum atomic E-state index is -0.873. The van der Waals surface area contributed by atoms with Crippen LogP contribution in [-0.2, 0) is 22.4 Å². The monoisotopic (exact) mass is 327 g/mol. The standard InChI is InChI=1S/C17H17N3O4/c18-17(22)15(10-13-6-8-14(9-7-13)20(23)24)19-16(21)11-12-4-2-1-3-5-12/h1-9,15H,10-11H2,(H2,18,22)(H,19,21)/t15-/m0/s1. The Balaban J connectivity index is 2.00. The van der Waals surface area contributed by atoms with Crippen molar-refractivity contribution >= 4 is 17.5 Å². The maximum atomic E-state index is 12.1. The summed E-state index contributed by atoms with van der Waals surface area (Å²) in [6, 6.07) is 14.0. The molecule has 0 aliphatic rings.